The second-order valence-corrected chi connectivity index (χ2v) is 6.39. The summed E-state index contributed by atoms with van der Waals surface area (Å²) in [6.45, 7) is 7.25. The molecule has 0 saturated carbocycles. The van der Waals surface area contributed by atoms with Crippen molar-refractivity contribution < 1.29 is 14.3 Å². The number of ketones is 1. The fourth-order valence-electron chi connectivity index (χ4n) is 1.86. The third kappa shape index (κ3) is 7.25. The predicted molar refractivity (Wildman–Crippen MR) is 83.4 cm³/mol. The molecule has 1 unspecified atom stereocenters. The maximum absolute atomic E-state index is 11.4. The number of hydrogen-bond donors (Lipinski definition) is 1. The van der Waals surface area contributed by atoms with Gasteiger partial charge in [-0.15, -0.1) is 0 Å². The van der Waals surface area contributed by atoms with Crippen LogP contribution in [0.15, 0.2) is 24.3 Å². The van der Waals surface area contributed by atoms with Crippen molar-refractivity contribution >= 4 is 23.9 Å². The summed E-state index contributed by atoms with van der Waals surface area (Å²) in [6, 6.07) is 7.69. The van der Waals surface area contributed by atoms with E-state index in [1.807, 2.05) is 45.0 Å². The van der Waals surface area contributed by atoms with Gasteiger partial charge < -0.3 is 10.1 Å². The summed E-state index contributed by atoms with van der Waals surface area (Å²) in [5.74, 6) is 0.469. The number of Topliss-reactive ketones (excluding diaryl/α,β-unsaturated/α-hetero) is 1. The first kappa shape index (κ1) is 17.7. The summed E-state index contributed by atoms with van der Waals surface area (Å²) < 4.78 is 4.55. The van der Waals surface area contributed by atoms with E-state index in [1.54, 1.807) is 0 Å². The molecule has 1 aliphatic heterocycles. The van der Waals surface area contributed by atoms with Gasteiger partial charge in [-0.1, -0.05) is 23.7 Å². The molecule has 0 bridgehead atoms. The summed E-state index contributed by atoms with van der Waals surface area (Å²) in [4.78, 5) is 21.0. The first-order valence-corrected chi connectivity index (χ1v) is 7.29. The molecule has 0 spiro atoms. The zero-order valence-electron chi connectivity index (χ0n) is 12.7. The van der Waals surface area contributed by atoms with Crippen LogP contribution in [0, 0.1) is 5.92 Å². The zero-order chi connectivity index (χ0) is 15.9. The molecule has 5 heteroatoms. The van der Waals surface area contributed by atoms with Gasteiger partial charge in [0.25, 0.3) is 6.47 Å². The maximum Gasteiger partial charge on any atom is 0.293 e. The third-order valence-electron chi connectivity index (χ3n) is 2.94. The van der Waals surface area contributed by atoms with Crippen molar-refractivity contribution in [1.82, 2.24) is 5.32 Å². The highest BCUT2D eigenvalue weighted by Crippen LogP contribution is 2.15. The summed E-state index contributed by atoms with van der Waals surface area (Å²) >= 11 is 5.78. The minimum Gasteiger partial charge on any atom is -0.462 e. The summed E-state index contributed by atoms with van der Waals surface area (Å²) in [5.41, 5.74) is 0.860. The molecule has 0 aliphatic carbocycles. The molecule has 2 rings (SSSR count). The highest BCUT2D eigenvalue weighted by Gasteiger charge is 2.23. The van der Waals surface area contributed by atoms with Crippen molar-refractivity contribution in [2.45, 2.75) is 32.8 Å². The van der Waals surface area contributed by atoms with Crippen LogP contribution in [0.3, 0.4) is 0 Å². The van der Waals surface area contributed by atoms with Crippen molar-refractivity contribution in [2.24, 2.45) is 5.92 Å². The van der Waals surface area contributed by atoms with Gasteiger partial charge in [0.2, 0.25) is 0 Å². The van der Waals surface area contributed by atoms with Crippen molar-refractivity contribution in [3.05, 3.63) is 34.9 Å². The molecule has 4 nitrogen and oxygen atoms in total. The van der Waals surface area contributed by atoms with Crippen LogP contribution in [0.25, 0.3) is 0 Å². The molecule has 1 atom stereocenters. The number of benzene rings is 1. The van der Waals surface area contributed by atoms with E-state index in [0.29, 0.717) is 18.8 Å². The Morgan fingerprint density at radius 2 is 1.95 bits per heavy atom. The van der Waals surface area contributed by atoms with E-state index in [1.165, 1.54) is 5.56 Å². The Kier molecular flexibility index (Phi) is 6.85. The minimum atomic E-state index is -0.318. The average Bonchev–Trinajstić information content (AvgIpc) is 2.77. The number of carbonyl (C=O) groups is 2. The Hall–Kier alpha value is -1.39. The molecule has 1 aromatic carbocycles. The monoisotopic (exact) mass is 311 g/mol. The van der Waals surface area contributed by atoms with Crippen molar-refractivity contribution in [3.63, 3.8) is 0 Å². The highest BCUT2D eigenvalue weighted by atomic mass is 35.5. The normalized spacial score (nSPS) is 17.9. The van der Waals surface area contributed by atoms with Crippen molar-refractivity contribution in [1.29, 1.82) is 0 Å². The van der Waals surface area contributed by atoms with Gasteiger partial charge in [-0.25, -0.2) is 0 Å². The summed E-state index contributed by atoms with van der Waals surface area (Å²) in [7, 11) is 0. The van der Waals surface area contributed by atoms with Gasteiger partial charge in [-0.2, -0.15) is 0 Å². The molecule has 116 valence electrons. The number of rotatable bonds is 3. The molecule has 1 aromatic rings. The molecule has 1 heterocycles. The zero-order valence-corrected chi connectivity index (χ0v) is 13.4. The number of nitrogens with one attached hydrogen (secondary N) is 1. The van der Waals surface area contributed by atoms with Crippen LogP contribution in [-0.4, -0.2) is 30.9 Å². The van der Waals surface area contributed by atoms with E-state index in [-0.39, 0.29) is 11.5 Å². The first-order chi connectivity index (χ1) is 9.81. The van der Waals surface area contributed by atoms with Crippen LogP contribution in [-0.2, 0) is 20.7 Å². The van der Waals surface area contributed by atoms with E-state index < -0.39 is 0 Å². The Morgan fingerprint density at radius 1 is 1.33 bits per heavy atom. The van der Waals surface area contributed by atoms with Gasteiger partial charge in [0.05, 0.1) is 6.54 Å². The van der Waals surface area contributed by atoms with Crippen LogP contribution in [0.1, 0.15) is 26.3 Å². The fraction of sp³-hybridized carbons (Fsp3) is 0.500. The van der Waals surface area contributed by atoms with Crippen LogP contribution in [0.4, 0.5) is 0 Å². The Bertz CT molecular complexity index is 465. The van der Waals surface area contributed by atoms with Crippen LogP contribution in [0.2, 0.25) is 5.02 Å². The van der Waals surface area contributed by atoms with Crippen LogP contribution >= 0.6 is 11.6 Å². The fourth-order valence-corrected chi connectivity index (χ4v) is 1.99. The number of carbonyl (C=O) groups excluding carboxylic acids is 2. The first-order valence-electron chi connectivity index (χ1n) is 6.91. The molecule has 1 aliphatic rings. The Labute approximate surface area is 130 Å². The standard InChI is InChI=1S/C11H12ClNO.C5H10O2/c12-10-3-1-8(2-4-10)5-9-6-13-7-11(9)14;1-5(2,3)7-4-6/h1-4,9,13H,5-7H2;4H,1-3H3. The molecule has 21 heavy (non-hydrogen) atoms. The number of halogens is 1. The van der Waals surface area contributed by atoms with Gasteiger partial charge in [0, 0.05) is 17.5 Å². The summed E-state index contributed by atoms with van der Waals surface area (Å²) in [5, 5.41) is 3.82. The van der Waals surface area contributed by atoms with E-state index >= 15 is 0 Å². The second kappa shape index (κ2) is 8.15. The Balaban J connectivity index is 0.000000270. The van der Waals surface area contributed by atoms with E-state index in [0.717, 1.165) is 18.0 Å². The average molecular weight is 312 g/mol. The largest absolute Gasteiger partial charge is 0.462 e. The predicted octanol–water partition coefficient (Wildman–Crippen LogP) is 2.63. The minimum absolute atomic E-state index is 0.149. The van der Waals surface area contributed by atoms with Crippen molar-refractivity contribution in [2.75, 3.05) is 13.1 Å². The van der Waals surface area contributed by atoms with Gasteiger partial charge in [0.15, 0.2) is 5.78 Å². The number of hydrogen-bond acceptors (Lipinski definition) is 4. The van der Waals surface area contributed by atoms with Gasteiger partial charge in [-0.05, 0) is 44.9 Å². The molecule has 0 aromatic heterocycles. The smallest absolute Gasteiger partial charge is 0.293 e. The molecular formula is C16H22ClNO3. The lowest BCUT2D eigenvalue weighted by Gasteiger charge is -2.14. The second-order valence-electron chi connectivity index (χ2n) is 5.95. The van der Waals surface area contributed by atoms with Crippen molar-refractivity contribution in [3.8, 4) is 0 Å². The van der Waals surface area contributed by atoms with Gasteiger partial charge in [-0.3, -0.25) is 9.59 Å². The Morgan fingerprint density at radius 3 is 2.33 bits per heavy atom. The molecular weight excluding hydrogens is 290 g/mol. The van der Waals surface area contributed by atoms with E-state index in [9.17, 15) is 9.59 Å². The molecule has 1 saturated heterocycles. The highest BCUT2D eigenvalue weighted by molar-refractivity contribution is 6.30. The topological polar surface area (TPSA) is 55.4 Å². The number of ether oxygens (including phenoxy) is 1. The maximum atomic E-state index is 11.4. The van der Waals surface area contributed by atoms with E-state index in [2.05, 4.69) is 10.1 Å². The lowest BCUT2D eigenvalue weighted by molar-refractivity contribution is -0.138. The molecule has 1 N–H and O–H groups in total. The SMILES string of the molecule is CC(C)(C)OC=O.O=C1CNCC1Cc1ccc(Cl)cc1. The molecule has 0 radical (unpaired) electrons. The lowest BCUT2D eigenvalue weighted by atomic mass is 9.98. The summed E-state index contributed by atoms with van der Waals surface area (Å²) in [6.07, 6.45) is 0.822. The lowest BCUT2D eigenvalue weighted by Crippen LogP contribution is -2.17. The van der Waals surface area contributed by atoms with Gasteiger partial charge in [0.1, 0.15) is 5.60 Å². The molecule has 0 amide bonds. The quantitative estimate of drug-likeness (QED) is 0.872. The molecule has 1 fully saturated rings. The van der Waals surface area contributed by atoms with Gasteiger partial charge >= 0.3 is 0 Å². The van der Waals surface area contributed by atoms with Crippen LogP contribution in [0.5, 0.6) is 0 Å². The van der Waals surface area contributed by atoms with Crippen LogP contribution < -0.4 is 5.32 Å². The van der Waals surface area contributed by atoms with E-state index in [4.69, 9.17) is 11.6 Å². The third-order valence-corrected chi connectivity index (χ3v) is 3.19.